The molecule has 10 nitrogen and oxygen atoms in total. The first-order valence-corrected chi connectivity index (χ1v) is 27.9. The molecule has 2 aromatic carbocycles. The van der Waals surface area contributed by atoms with Gasteiger partial charge >= 0.3 is 29.6 Å². The van der Waals surface area contributed by atoms with Gasteiger partial charge in [0.05, 0.1) is 53.9 Å². The third kappa shape index (κ3) is 22.1. The van der Waals surface area contributed by atoms with Crippen molar-refractivity contribution >= 4 is 36.5 Å². The number of unbranched alkanes of at least 4 members (excludes halogenated alkanes) is 4. The predicted octanol–water partition coefficient (Wildman–Crippen LogP) is 11.9. The first-order valence-electron chi connectivity index (χ1n) is 25.1. The first kappa shape index (κ1) is 63.8. The van der Waals surface area contributed by atoms with Gasteiger partial charge in [-0.25, -0.2) is 0 Å². The topological polar surface area (TPSA) is 125 Å². The summed E-state index contributed by atoms with van der Waals surface area (Å²) in [4.78, 5) is 17.4. The molecule has 70 heavy (non-hydrogen) atoms. The van der Waals surface area contributed by atoms with Gasteiger partial charge < -0.3 is 34.7 Å². The number of ether oxygens (including phenoxy) is 4. The van der Waals surface area contributed by atoms with Crippen LogP contribution < -0.4 is 48.8 Å². The molecule has 0 amide bonds. The Balaban J connectivity index is 0.00000119. The fourth-order valence-electron chi connectivity index (χ4n) is 8.54. The molecule has 0 spiro atoms. The number of hydrogen-bond donors (Lipinski definition) is 0. The van der Waals surface area contributed by atoms with Crippen molar-refractivity contribution in [1.29, 1.82) is 10.5 Å². The molecule has 12 heteroatoms. The summed E-state index contributed by atoms with van der Waals surface area (Å²) in [5.41, 5.74) is 7.54. The van der Waals surface area contributed by atoms with E-state index in [4.69, 9.17) is 24.2 Å². The zero-order chi connectivity index (χ0) is 51.6. The molecular formula is C58H88N4NaO6P. The molecule has 0 bridgehead atoms. The summed E-state index contributed by atoms with van der Waals surface area (Å²) in [6.45, 7) is 25.1. The van der Waals surface area contributed by atoms with Crippen LogP contribution in [0, 0.1) is 33.5 Å². The Morgan fingerprint density at radius 3 is 1.36 bits per heavy atom. The van der Waals surface area contributed by atoms with E-state index in [1.165, 1.54) is 62.7 Å². The van der Waals surface area contributed by atoms with E-state index in [0.29, 0.717) is 12.2 Å². The first-order chi connectivity index (χ1) is 32.8. The number of rotatable bonds is 23. The summed E-state index contributed by atoms with van der Waals surface area (Å²) >= 11 is 0. The monoisotopic (exact) mass is 991 g/mol. The Bertz CT molecular complexity index is 2230. The molecule has 0 aliphatic heterocycles. The maximum atomic E-state index is 12.4. The van der Waals surface area contributed by atoms with Gasteiger partial charge in [-0.1, -0.05) is 105 Å². The standard InChI is InChI=1S/C28H40N2O2.C26H39NO3.C4H8NOP.Na.H/c1-7-9-17-30(18-10-8-2)25-14-13-22(26(19-25)31-5)11-12-23-20-28(3,4)21-24(15-16-29)27(23)32-6;1-7-9-15-27(16-10-8-2)22-14-13-20(24(17-22)29-5)11-12-21-18-26(3,4)19-23(28)25(21)30-6;1-7(2,6)4-3-5;;/h11-15,19H,7-10,17-18,20-21H2,1-6H3;11-14,17H,7-10,15-16,18-19H2,1-6H3;4H2,1-2H3;;/q;;;+1;-1/b12-11+,24-15+;12-11+;;;. The molecule has 0 heterocycles. The molecule has 4 rings (SSSR count). The number of allylic oxidation sites excluding steroid dienone is 7. The van der Waals surface area contributed by atoms with E-state index in [-0.39, 0.29) is 53.8 Å². The van der Waals surface area contributed by atoms with Crippen LogP contribution in [0.1, 0.15) is 145 Å². The van der Waals surface area contributed by atoms with Crippen LogP contribution in [0.2, 0.25) is 0 Å². The largest absolute Gasteiger partial charge is 1.00 e. The molecule has 0 radical (unpaired) electrons. The molecule has 0 unspecified atom stereocenters. The fraction of sp³-hybridized carbons (Fsp3) is 0.569. The van der Waals surface area contributed by atoms with E-state index in [1.807, 2.05) is 18.2 Å². The van der Waals surface area contributed by atoms with Crippen molar-refractivity contribution in [2.75, 3.05) is 83.9 Å². The van der Waals surface area contributed by atoms with Crippen molar-refractivity contribution in [2.45, 2.75) is 132 Å². The van der Waals surface area contributed by atoms with Crippen molar-refractivity contribution in [3.05, 3.63) is 94.0 Å². The number of hydrogen-bond acceptors (Lipinski definition) is 10. The number of nitrogens with zero attached hydrogens (tertiary/aromatic N) is 4. The summed E-state index contributed by atoms with van der Waals surface area (Å²) in [7, 11) is 4.68. The molecule has 2 aliphatic rings. The molecule has 382 valence electrons. The second kappa shape index (κ2) is 32.7. The molecule has 0 fully saturated rings. The Kier molecular flexibility index (Phi) is 29.8. The van der Waals surface area contributed by atoms with Crippen molar-refractivity contribution in [3.8, 4) is 23.6 Å². The number of benzene rings is 2. The normalized spacial score (nSPS) is 15.8. The van der Waals surface area contributed by atoms with Crippen LogP contribution >= 0.6 is 7.14 Å². The van der Waals surface area contributed by atoms with E-state index >= 15 is 0 Å². The maximum Gasteiger partial charge on any atom is 1.00 e. The SMILES string of the molecule is CCCCN(CCCC)c1ccc(/C=C/C2=C(OC)C(=C/C#N)/CC(C)(C)C2)c(OC)c1.CCCCN(CCCC)c1ccc(/C=C/C2=C(OC)C(=O)CC(C)(C)C2)c(OC)c1.CP(C)(=O)CC#N.[H-].[Na+]. The minimum Gasteiger partial charge on any atom is -1.00 e. The van der Waals surface area contributed by atoms with Crippen LogP contribution in [-0.4, -0.2) is 79.9 Å². The van der Waals surface area contributed by atoms with Crippen LogP contribution in [0.25, 0.3) is 12.2 Å². The molecule has 0 atom stereocenters. The number of methoxy groups -OCH3 is 4. The average molecular weight is 991 g/mol. The fourth-order valence-corrected chi connectivity index (χ4v) is 8.88. The van der Waals surface area contributed by atoms with E-state index < -0.39 is 7.14 Å². The number of anilines is 2. The van der Waals surface area contributed by atoms with Crippen LogP contribution in [-0.2, 0) is 18.8 Å². The number of ketones is 1. The van der Waals surface area contributed by atoms with Crippen LogP contribution in [0.3, 0.4) is 0 Å². The van der Waals surface area contributed by atoms with Crippen LogP contribution in [0.5, 0.6) is 11.5 Å². The number of carbonyl (C=O) groups excluding carboxylic acids is 1. The molecule has 0 saturated heterocycles. The second-order valence-electron chi connectivity index (χ2n) is 20.2. The molecule has 2 aliphatic carbocycles. The van der Waals surface area contributed by atoms with E-state index in [9.17, 15) is 14.6 Å². The summed E-state index contributed by atoms with van der Waals surface area (Å²) in [6, 6.07) is 16.9. The Hall–Kier alpha value is -4.18. The zero-order valence-corrected chi connectivity index (χ0v) is 49.0. The smallest absolute Gasteiger partial charge is 1.00 e. The summed E-state index contributed by atoms with van der Waals surface area (Å²) in [6.07, 6.45) is 22.7. The van der Waals surface area contributed by atoms with E-state index in [1.54, 1.807) is 47.8 Å². The predicted molar refractivity (Wildman–Crippen MR) is 292 cm³/mol. The molecule has 0 saturated carbocycles. The summed E-state index contributed by atoms with van der Waals surface area (Å²) in [5.74, 6) is 3.12. The maximum absolute atomic E-state index is 12.4. The van der Waals surface area contributed by atoms with Gasteiger partial charge in [0.2, 0.25) is 0 Å². The summed E-state index contributed by atoms with van der Waals surface area (Å²) in [5, 5.41) is 17.2. The van der Waals surface area contributed by atoms with E-state index in [0.717, 1.165) is 90.5 Å². The summed E-state index contributed by atoms with van der Waals surface area (Å²) < 4.78 is 33.2. The van der Waals surface area contributed by atoms with Crippen LogP contribution in [0.4, 0.5) is 11.4 Å². The molecular weight excluding hydrogens is 903 g/mol. The minimum absolute atomic E-state index is 0. The molecule has 2 aromatic rings. The number of Topliss-reactive ketones (excluding diaryl/α,β-unsaturated/α-hetero) is 1. The Labute approximate surface area is 448 Å². The van der Waals surface area contributed by atoms with Gasteiger partial charge in [-0.05, 0) is 105 Å². The van der Waals surface area contributed by atoms with Crippen molar-refractivity contribution in [2.24, 2.45) is 10.8 Å². The molecule has 0 N–H and O–H groups in total. The van der Waals surface area contributed by atoms with Crippen LogP contribution in [0.15, 0.2) is 82.9 Å². The molecule has 0 aromatic heterocycles. The van der Waals surface area contributed by atoms with Gasteiger partial charge in [-0.15, -0.1) is 0 Å². The van der Waals surface area contributed by atoms with Gasteiger partial charge in [0.1, 0.15) is 17.3 Å². The Morgan fingerprint density at radius 1 is 0.629 bits per heavy atom. The second-order valence-corrected chi connectivity index (χ2v) is 23.6. The number of nitriles is 2. The van der Waals surface area contributed by atoms with Crippen molar-refractivity contribution < 1.29 is 59.3 Å². The Morgan fingerprint density at radius 2 is 1.03 bits per heavy atom. The van der Waals surface area contributed by atoms with Gasteiger partial charge in [0.25, 0.3) is 0 Å². The van der Waals surface area contributed by atoms with Gasteiger partial charge in [-0.2, -0.15) is 10.5 Å². The van der Waals surface area contributed by atoms with Crippen molar-refractivity contribution in [1.82, 2.24) is 0 Å². The van der Waals surface area contributed by atoms with E-state index in [2.05, 4.69) is 120 Å². The number of carbonyl (C=O) groups is 1. The zero-order valence-electron chi connectivity index (χ0n) is 47.1. The van der Waals surface area contributed by atoms with Gasteiger partial charge in [0, 0.05) is 78.9 Å². The van der Waals surface area contributed by atoms with Gasteiger partial charge in [0.15, 0.2) is 11.5 Å². The quantitative estimate of drug-likeness (QED) is 0.0603. The van der Waals surface area contributed by atoms with Gasteiger partial charge in [-0.3, -0.25) is 4.79 Å². The average Bonchev–Trinajstić information content (AvgIpc) is 3.29. The third-order valence-corrected chi connectivity index (χ3v) is 13.0. The minimum atomic E-state index is -2.03. The van der Waals surface area contributed by atoms with Crippen molar-refractivity contribution in [3.63, 3.8) is 0 Å². The third-order valence-electron chi connectivity index (χ3n) is 12.1.